The van der Waals surface area contributed by atoms with Crippen molar-refractivity contribution in [3.05, 3.63) is 22.7 Å². The molecule has 0 aliphatic carbocycles. The van der Waals surface area contributed by atoms with Crippen LogP contribution in [-0.2, 0) is 0 Å². The number of hydrogen-bond acceptors (Lipinski definition) is 3. The Labute approximate surface area is 125 Å². The first-order valence-electron chi connectivity index (χ1n) is 5.42. The van der Waals surface area contributed by atoms with Gasteiger partial charge >= 0.3 is 12.4 Å². The van der Waals surface area contributed by atoms with E-state index in [4.69, 9.17) is 11.6 Å². The minimum absolute atomic E-state index is 0.0229. The fraction of sp³-hybridized carbons (Fsp3) is 0.455. The fourth-order valence-corrected chi connectivity index (χ4v) is 2.28. The maximum Gasteiger partial charge on any atom is 0.409 e. The van der Waals surface area contributed by atoms with E-state index < -0.39 is 24.7 Å². The van der Waals surface area contributed by atoms with E-state index in [1.807, 2.05) is 0 Å². The van der Waals surface area contributed by atoms with Crippen LogP contribution in [0.3, 0.4) is 0 Å². The summed E-state index contributed by atoms with van der Waals surface area (Å²) in [4.78, 5) is 0.234. The topological polar surface area (TPSA) is 24.7 Å². The van der Waals surface area contributed by atoms with Crippen molar-refractivity contribution in [2.75, 3.05) is 12.3 Å². The molecule has 21 heavy (non-hydrogen) atoms. The van der Waals surface area contributed by atoms with Gasteiger partial charge in [-0.15, -0.1) is 11.8 Å². The van der Waals surface area contributed by atoms with Crippen LogP contribution in [0.2, 0.25) is 5.02 Å². The molecule has 0 radical (unpaired) electrons. The molecule has 0 unspecified atom stereocenters. The maximum atomic E-state index is 12.2. The van der Waals surface area contributed by atoms with Crippen LogP contribution >= 0.6 is 23.4 Å². The fourth-order valence-electron chi connectivity index (χ4n) is 1.23. The Bertz CT molecular complexity index is 527. The molecule has 0 aromatic heterocycles. The molecule has 0 fully saturated rings. The quantitative estimate of drug-likeness (QED) is 0.374. The third kappa shape index (κ3) is 7.03. The summed E-state index contributed by atoms with van der Waals surface area (Å²) in [5, 5.41) is 6.28. The molecule has 2 nitrogen and oxygen atoms in total. The average Bonchev–Trinajstić information content (AvgIpc) is 2.27. The number of halogens is 7. The summed E-state index contributed by atoms with van der Waals surface area (Å²) in [5.41, 5.74) is 0.375. The summed E-state index contributed by atoms with van der Waals surface area (Å²) in [5.74, 6) is -1.12. The van der Waals surface area contributed by atoms with Gasteiger partial charge in [-0.3, -0.25) is 0 Å². The van der Waals surface area contributed by atoms with Crippen molar-refractivity contribution < 1.29 is 26.3 Å². The molecule has 0 saturated heterocycles. The van der Waals surface area contributed by atoms with Gasteiger partial charge in [0.15, 0.2) is 6.54 Å². The van der Waals surface area contributed by atoms with E-state index in [0.717, 1.165) is 0 Å². The van der Waals surface area contributed by atoms with Gasteiger partial charge in [0.05, 0.1) is 10.8 Å². The lowest BCUT2D eigenvalue weighted by Crippen LogP contribution is -2.11. The zero-order valence-electron chi connectivity index (χ0n) is 10.5. The van der Waals surface area contributed by atoms with E-state index in [2.05, 4.69) is 10.2 Å². The van der Waals surface area contributed by atoms with Crippen LogP contribution < -0.4 is 0 Å². The highest BCUT2D eigenvalue weighted by Crippen LogP contribution is 2.36. The smallest absolute Gasteiger partial charge is 0.179 e. The number of azo groups is 1. The van der Waals surface area contributed by atoms with Gasteiger partial charge < -0.3 is 0 Å². The van der Waals surface area contributed by atoms with Gasteiger partial charge in [0, 0.05) is 4.90 Å². The Morgan fingerprint density at radius 3 is 2.24 bits per heavy atom. The Kier molecular flexibility index (Phi) is 5.92. The normalized spacial score (nSPS) is 13.1. The number of thioether (sulfide) groups is 1. The van der Waals surface area contributed by atoms with Crippen molar-refractivity contribution in [1.82, 2.24) is 0 Å². The summed E-state index contributed by atoms with van der Waals surface area (Å²) < 4.78 is 72.3. The molecule has 0 atom stereocenters. The van der Waals surface area contributed by atoms with Gasteiger partial charge in [0.1, 0.15) is 5.69 Å². The van der Waals surface area contributed by atoms with Gasteiger partial charge in [-0.05, 0) is 24.6 Å². The van der Waals surface area contributed by atoms with Gasteiger partial charge in [-0.2, -0.15) is 36.6 Å². The predicted octanol–water partition coefficient (Wildman–Crippen LogP) is 5.95. The second-order valence-electron chi connectivity index (χ2n) is 3.99. The largest absolute Gasteiger partial charge is 0.409 e. The molecule has 0 aliphatic rings. The third-order valence-corrected chi connectivity index (χ3v) is 3.59. The van der Waals surface area contributed by atoms with Crippen LogP contribution in [-0.4, -0.2) is 24.7 Å². The zero-order chi connectivity index (χ0) is 16.3. The predicted molar refractivity (Wildman–Crippen MR) is 68.4 cm³/mol. The van der Waals surface area contributed by atoms with Crippen LogP contribution in [0.4, 0.5) is 32.0 Å². The Morgan fingerprint density at radius 2 is 1.71 bits per heavy atom. The standard InChI is InChI=1S/C11H9ClF6N2S/c1-6-2-7(12)8(20-19-4-10(13,14)15)3-9(6)21-5-11(16,17)18/h2-3H,4-5H2,1H3. The highest BCUT2D eigenvalue weighted by atomic mass is 35.5. The molecule has 1 rings (SSSR count). The molecular weight excluding hydrogens is 342 g/mol. The molecule has 0 amide bonds. The first kappa shape index (κ1) is 18.1. The molecule has 0 saturated carbocycles. The van der Waals surface area contributed by atoms with E-state index >= 15 is 0 Å². The number of aryl methyl sites for hydroxylation is 1. The SMILES string of the molecule is Cc1cc(Cl)c(N=NCC(F)(F)F)cc1SCC(F)(F)F. The monoisotopic (exact) mass is 350 g/mol. The summed E-state index contributed by atoms with van der Waals surface area (Å²) in [6.45, 7) is 0.0590. The molecule has 0 N–H and O–H groups in total. The van der Waals surface area contributed by atoms with Crippen molar-refractivity contribution >= 4 is 29.1 Å². The number of nitrogens with zero attached hydrogens (tertiary/aromatic N) is 2. The lowest BCUT2D eigenvalue weighted by atomic mass is 10.2. The van der Waals surface area contributed by atoms with E-state index in [1.54, 1.807) is 6.92 Å². The molecule has 1 aromatic carbocycles. The van der Waals surface area contributed by atoms with Crippen molar-refractivity contribution in [2.45, 2.75) is 24.2 Å². The van der Waals surface area contributed by atoms with Gasteiger partial charge in [-0.1, -0.05) is 11.6 Å². The van der Waals surface area contributed by atoms with Crippen LogP contribution in [0, 0.1) is 6.92 Å². The highest BCUT2D eigenvalue weighted by molar-refractivity contribution is 7.99. The molecule has 0 aliphatic heterocycles. The molecule has 0 bridgehead atoms. The summed E-state index contributed by atoms with van der Waals surface area (Å²) in [6, 6.07) is 2.52. The molecule has 0 heterocycles. The van der Waals surface area contributed by atoms with Crippen LogP contribution in [0.5, 0.6) is 0 Å². The summed E-state index contributed by atoms with van der Waals surface area (Å²) in [7, 11) is 0. The van der Waals surface area contributed by atoms with E-state index in [1.165, 1.54) is 12.1 Å². The zero-order valence-corrected chi connectivity index (χ0v) is 12.1. The Balaban J connectivity index is 2.90. The highest BCUT2D eigenvalue weighted by Gasteiger charge is 2.28. The molecule has 0 spiro atoms. The van der Waals surface area contributed by atoms with Crippen molar-refractivity contribution in [2.24, 2.45) is 10.2 Å². The van der Waals surface area contributed by atoms with Crippen LogP contribution in [0.1, 0.15) is 5.56 Å². The summed E-state index contributed by atoms with van der Waals surface area (Å²) in [6.07, 6.45) is -8.86. The summed E-state index contributed by atoms with van der Waals surface area (Å²) >= 11 is 6.28. The number of rotatable bonds is 4. The van der Waals surface area contributed by atoms with Gasteiger partial charge in [0.25, 0.3) is 0 Å². The number of alkyl halides is 6. The van der Waals surface area contributed by atoms with E-state index in [9.17, 15) is 26.3 Å². The van der Waals surface area contributed by atoms with Crippen molar-refractivity contribution in [1.29, 1.82) is 0 Å². The van der Waals surface area contributed by atoms with Crippen LogP contribution in [0.15, 0.2) is 27.3 Å². The second-order valence-corrected chi connectivity index (χ2v) is 5.41. The molecule has 118 valence electrons. The van der Waals surface area contributed by atoms with E-state index in [0.29, 0.717) is 17.3 Å². The molecular formula is C11H9ClF6N2S. The van der Waals surface area contributed by atoms with Gasteiger partial charge in [0.2, 0.25) is 0 Å². The second kappa shape index (κ2) is 6.87. The lowest BCUT2D eigenvalue weighted by Gasteiger charge is -2.10. The molecule has 10 heteroatoms. The number of benzene rings is 1. The van der Waals surface area contributed by atoms with Gasteiger partial charge in [-0.25, -0.2) is 0 Å². The number of hydrogen-bond donors (Lipinski definition) is 0. The third-order valence-electron chi connectivity index (χ3n) is 2.06. The minimum Gasteiger partial charge on any atom is -0.179 e. The van der Waals surface area contributed by atoms with Crippen LogP contribution in [0.25, 0.3) is 0 Å². The van der Waals surface area contributed by atoms with Crippen molar-refractivity contribution in [3.63, 3.8) is 0 Å². The minimum atomic E-state index is -4.51. The maximum absolute atomic E-state index is 12.2. The Morgan fingerprint density at radius 1 is 1.10 bits per heavy atom. The van der Waals surface area contributed by atoms with Crippen molar-refractivity contribution in [3.8, 4) is 0 Å². The van der Waals surface area contributed by atoms with E-state index in [-0.39, 0.29) is 15.6 Å². The average molecular weight is 351 g/mol. The first-order chi connectivity index (χ1) is 9.48. The first-order valence-corrected chi connectivity index (χ1v) is 6.78. The molecule has 1 aromatic rings. The Hall–Kier alpha value is -0.960. The lowest BCUT2D eigenvalue weighted by molar-refractivity contribution is -0.119.